The largest absolute Gasteiger partial charge is 0.496 e. The Kier molecular flexibility index (Phi) is 10.4. The van der Waals surface area contributed by atoms with Gasteiger partial charge >= 0.3 is 0 Å². The second-order valence-corrected chi connectivity index (χ2v) is 10.4. The van der Waals surface area contributed by atoms with E-state index < -0.39 is 0 Å². The zero-order chi connectivity index (χ0) is 32.5. The van der Waals surface area contributed by atoms with Crippen molar-refractivity contribution < 1.29 is 28.4 Å². The molecule has 238 valence electrons. The number of hydrogen-bond acceptors (Lipinski definition) is 8. The Morgan fingerprint density at radius 3 is 0.957 bits per heavy atom. The van der Waals surface area contributed by atoms with Crippen LogP contribution in [-0.4, -0.2) is 42.7 Å². The molecule has 0 heterocycles. The Morgan fingerprint density at radius 1 is 0.391 bits per heavy atom. The van der Waals surface area contributed by atoms with E-state index in [1.54, 1.807) is 42.7 Å². The summed E-state index contributed by atoms with van der Waals surface area (Å²) in [6.45, 7) is 0. The van der Waals surface area contributed by atoms with Crippen molar-refractivity contribution in [1.82, 2.24) is 0 Å². The van der Waals surface area contributed by atoms with Gasteiger partial charge in [0.15, 0.2) is 0 Å². The normalized spacial score (nSPS) is 12.0. The minimum absolute atomic E-state index is 0.321. The van der Waals surface area contributed by atoms with Crippen molar-refractivity contribution in [2.45, 2.75) is 12.1 Å². The van der Waals surface area contributed by atoms with Crippen molar-refractivity contribution in [2.75, 3.05) is 53.3 Å². The van der Waals surface area contributed by atoms with E-state index in [1.165, 1.54) is 0 Å². The van der Waals surface area contributed by atoms with E-state index in [9.17, 15) is 0 Å². The van der Waals surface area contributed by atoms with Gasteiger partial charge in [-0.3, -0.25) is 0 Å². The fourth-order valence-corrected chi connectivity index (χ4v) is 5.56. The van der Waals surface area contributed by atoms with E-state index in [0.717, 1.165) is 33.6 Å². The summed E-state index contributed by atoms with van der Waals surface area (Å²) in [4.78, 5) is 0. The quantitative estimate of drug-likeness (QED) is 0.129. The Balaban J connectivity index is 1.64. The summed E-state index contributed by atoms with van der Waals surface area (Å²) in [5.74, 6) is 3.86. The maximum absolute atomic E-state index is 5.88. The van der Waals surface area contributed by atoms with Crippen molar-refractivity contribution in [3.8, 4) is 34.5 Å². The molecule has 8 nitrogen and oxygen atoms in total. The lowest BCUT2D eigenvalue weighted by atomic mass is 9.91. The number of rotatable bonds is 14. The molecule has 0 bridgehead atoms. The highest BCUT2D eigenvalue weighted by molar-refractivity contribution is 5.62. The first kappa shape index (κ1) is 31.9. The molecule has 5 aromatic carbocycles. The van der Waals surface area contributed by atoms with Crippen LogP contribution in [0.15, 0.2) is 109 Å². The zero-order valence-corrected chi connectivity index (χ0v) is 27.0. The van der Waals surface area contributed by atoms with Gasteiger partial charge in [0.2, 0.25) is 0 Å². The number of para-hydroxylation sites is 2. The van der Waals surface area contributed by atoms with E-state index in [1.807, 2.05) is 84.9 Å². The lowest BCUT2D eigenvalue weighted by Gasteiger charge is -2.27. The highest BCUT2D eigenvalue weighted by Crippen LogP contribution is 2.45. The summed E-state index contributed by atoms with van der Waals surface area (Å²) >= 11 is 0. The molecule has 8 heteroatoms. The van der Waals surface area contributed by atoms with E-state index in [2.05, 4.69) is 34.9 Å². The smallest absolute Gasteiger partial charge is 0.131 e. The van der Waals surface area contributed by atoms with Gasteiger partial charge in [-0.05, 0) is 35.4 Å². The fraction of sp³-hybridized carbons (Fsp3) is 0.211. The minimum Gasteiger partial charge on any atom is -0.496 e. The standard InChI is InChI=1S/C38H40N2O6/c1-41-29-21-31(43-3)35(32(22-29)44-4)37(39-27-13-9-7-10-14-27)25-17-19-26(20-18-25)38(40-28-15-11-8-12-16-28)36-33(45-5)23-30(42-2)24-34(36)46-6/h7-24,37-40H,1-6H3. The number of anilines is 2. The molecular weight excluding hydrogens is 580 g/mol. The second-order valence-electron chi connectivity index (χ2n) is 10.4. The van der Waals surface area contributed by atoms with Gasteiger partial charge in [0.25, 0.3) is 0 Å². The summed E-state index contributed by atoms with van der Waals surface area (Å²) in [7, 11) is 9.84. The molecule has 0 amide bonds. The monoisotopic (exact) mass is 620 g/mol. The number of hydrogen-bond donors (Lipinski definition) is 2. The van der Waals surface area contributed by atoms with Crippen LogP contribution in [0.25, 0.3) is 0 Å². The lowest BCUT2D eigenvalue weighted by molar-refractivity contribution is 0.367. The van der Waals surface area contributed by atoms with Crippen LogP contribution in [0.5, 0.6) is 34.5 Å². The molecule has 0 aliphatic rings. The molecule has 0 saturated carbocycles. The molecule has 0 aromatic heterocycles. The van der Waals surface area contributed by atoms with Crippen LogP contribution in [0.2, 0.25) is 0 Å². The third kappa shape index (κ3) is 6.91. The molecule has 0 fully saturated rings. The predicted octanol–water partition coefficient (Wildman–Crippen LogP) is 8.14. The fourth-order valence-electron chi connectivity index (χ4n) is 5.56. The number of methoxy groups -OCH3 is 6. The Hall–Kier alpha value is -5.50. The van der Waals surface area contributed by atoms with E-state index in [-0.39, 0.29) is 12.1 Å². The van der Waals surface area contributed by atoms with Crippen LogP contribution < -0.4 is 39.1 Å². The Labute approximate surface area is 270 Å². The molecule has 0 radical (unpaired) electrons. The van der Waals surface area contributed by atoms with Crippen LogP contribution >= 0.6 is 0 Å². The van der Waals surface area contributed by atoms with Crippen molar-refractivity contribution in [2.24, 2.45) is 0 Å². The Bertz CT molecular complexity index is 1530. The molecule has 2 N–H and O–H groups in total. The van der Waals surface area contributed by atoms with Gasteiger partial charge in [0, 0.05) is 35.6 Å². The minimum atomic E-state index is -0.321. The van der Waals surface area contributed by atoms with Gasteiger partial charge in [-0.15, -0.1) is 0 Å². The van der Waals surface area contributed by atoms with E-state index in [0.29, 0.717) is 34.5 Å². The van der Waals surface area contributed by atoms with Crippen LogP contribution in [-0.2, 0) is 0 Å². The van der Waals surface area contributed by atoms with E-state index in [4.69, 9.17) is 28.4 Å². The third-order valence-corrected chi connectivity index (χ3v) is 7.86. The number of benzene rings is 5. The van der Waals surface area contributed by atoms with Gasteiger partial charge < -0.3 is 39.1 Å². The molecule has 0 saturated heterocycles. The molecule has 5 aromatic rings. The molecule has 2 unspecified atom stereocenters. The molecule has 5 rings (SSSR count). The second kappa shape index (κ2) is 15.0. The molecule has 0 aliphatic carbocycles. The summed E-state index contributed by atoms with van der Waals surface area (Å²) < 4.78 is 34.6. The number of nitrogens with one attached hydrogen (secondary N) is 2. The molecule has 0 spiro atoms. The van der Waals surface area contributed by atoms with Crippen molar-refractivity contribution in [3.05, 3.63) is 131 Å². The highest BCUT2D eigenvalue weighted by atomic mass is 16.5. The summed E-state index contributed by atoms with van der Waals surface area (Å²) in [6.07, 6.45) is 0. The maximum atomic E-state index is 5.88. The van der Waals surface area contributed by atoms with Crippen LogP contribution in [0.4, 0.5) is 11.4 Å². The van der Waals surface area contributed by atoms with Crippen LogP contribution in [0, 0.1) is 0 Å². The molecule has 46 heavy (non-hydrogen) atoms. The zero-order valence-electron chi connectivity index (χ0n) is 27.0. The van der Waals surface area contributed by atoms with Gasteiger partial charge in [0.05, 0.1) is 65.9 Å². The van der Waals surface area contributed by atoms with Gasteiger partial charge in [-0.25, -0.2) is 0 Å². The van der Waals surface area contributed by atoms with E-state index >= 15 is 0 Å². The lowest BCUT2D eigenvalue weighted by Crippen LogP contribution is -2.17. The third-order valence-electron chi connectivity index (χ3n) is 7.86. The number of ether oxygens (including phenoxy) is 6. The SMILES string of the molecule is COc1cc(OC)c(C(Nc2ccccc2)c2ccc(C(Nc3ccccc3)c3c(OC)cc(OC)cc3OC)cc2)c(OC)c1. The molecular formula is C38H40N2O6. The maximum Gasteiger partial charge on any atom is 0.131 e. The van der Waals surface area contributed by atoms with Gasteiger partial charge in [0.1, 0.15) is 34.5 Å². The molecule has 0 aliphatic heterocycles. The highest BCUT2D eigenvalue weighted by Gasteiger charge is 2.27. The average molecular weight is 621 g/mol. The van der Waals surface area contributed by atoms with Crippen molar-refractivity contribution >= 4 is 11.4 Å². The van der Waals surface area contributed by atoms with Gasteiger partial charge in [-0.2, -0.15) is 0 Å². The first-order valence-electron chi connectivity index (χ1n) is 14.9. The topological polar surface area (TPSA) is 79.4 Å². The first-order valence-corrected chi connectivity index (χ1v) is 14.9. The Morgan fingerprint density at radius 2 is 0.696 bits per heavy atom. The van der Waals surface area contributed by atoms with Crippen LogP contribution in [0.1, 0.15) is 34.3 Å². The summed E-state index contributed by atoms with van der Waals surface area (Å²) in [5.41, 5.74) is 5.60. The summed E-state index contributed by atoms with van der Waals surface area (Å²) in [6, 6.07) is 35.4. The average Bonchev–Trinajstić information content (AvgIpc) is 3.12. The van der Waals surface area contributed by atoms with Crippen molar-refractivity contribution in [1.29, 1.82) is 0 Å². The summed E-state index contributed by atoms with van der Waals surface area (Å²) in [5, 5.41) is 7.40. The van der Waals surface area contributed by atoms with Gasteiger partial charge in [-0.1, -0.05) is 60.7 Å². The first-order chi connectivity index (χ1) is 22.5. The van der Waals surface area contributed by atoms with Crippen LogP contribution in [0.3, 0.4) is 0 Å². The predicted molar refractivity (Wildman–Crippen MR) is 182 cm³/mol. The molecule has 2 atom stereocenters. The van der Waals surface area contributed by atoms with Crippen molar-refractivity contribution in [3.63, 3.8) is 0 Å².